The molecular weight excluding hydrogens is 224 g/mol. The molecule has 0 aliphatic carbocycles. The van der Waals surface area contributed by atoms with Crippen molar-refractivity contribution in [3.05, 3.63) is 29.0 Å². The van der Waals surface area contributed by atoms with Gasteiger partial charge in [0.2, 0.25) is 0 Å². The van der Waals surface area contributed by atoms with E-state index in [1.165, 1.54) is 12.8 Å². The molecule has 1 aliphatic rings. The zero-order valence-corrected chi connectivity index (χ0v) is 9.91. The molecule has 1 fully saturated rings. The van der Waals surface area contributed by atoms with E-state index >= 15 is 0 Å². The zero-order chi connectivity index (χ0) is 11.4. The molecule has 2 rings (SSSR count). The van der Waals surface area contributed by atoms with E-state index in [9.17, 15) is 4.79 Å². The molecule has 1 aliphatic heterocycles. The van der Waals surface area contributed by atoms with Crippen LogP contribution < -0.4 is 0 Å². The van der Waals surface area contributed by atoms with Crippen molar-refractivity contribution in [2.75, 3.05) is 19.6 Å². The summed E-state index contributed by atoms with van der Waals surface area (Å²) in [6.45, 7) is 3.08. The molecule has 1 aromatic rings. The van der Waals surface area contributed by atoms with Crippen molar-refractivity contribution in [2.45, 2.75) is 19.3 Å². The topological polar surface area (TPSA) is 33.2 Å². The molecule has 2 heterocycles. The van der Waals surface area contributed by atoms with Gasteiger partial charge in [0, 0.05) is 24.2 Å². The van der Waals surface area contributed by atoms with Gasteiger partial charge in [-0.2, -0.15) is 0 Å². The van der Waals surface area contributed by atoms with E-state index in [1.807, 2.05) is 0 Å². The lowest BCUT2D eigenvalue weighted by Crippen LogP contribution is -2.22. The summed E-state index contributed by atoms with van der Waals surface area (Å²) >= 11 is 5.81. The number of likely N-dealkylation sites (tertiary alicyclic amines) is 1. The first-order chi connectivity index (χ1) is 7.75. The summed E-state index contributed by atoms with van der Waals surface area (Å²) in [5, 5.41) is 0.569. The molecule has 1 aromatic heterocycles. The lowest BCUT2D eigenvalue weighted by Gasteiger charge is -2.13. The van der Waals surface area contributed by atoms with Gasteiger partial charge in [-0.25, -0.2) is 0 Å². The first-order valence-corrected chi connectivity index (χ1v) is 6.00. The Morgan fingerprint density at radius 1 is 1.44 bits per heavy atom. The number of carbonyl (C=O) groups excluding carboxylic acids is 1. The average molecular weight is 239 g/mol. The number of hydrogen-bond acceptors (Lipinski definition) is 3. The predicted molar refractivity (Wildman–Crippen MR) is 63.9 cm³/mol. The SMILES string of the molecule is O=C(CCN1CCCC1)c1cc(Cl)ccn1. The predicted octanol–water partition coefficient (Wildman–Crippen LogP) is 2.40. The van der Waals surface area contributed by atoms with Crippen LogP contribution in [0.5, 0.6) is 0 Å². The standard InChI is InChI=1S/C12H15ClN2O/c13-10-3-5-14-11(9-10)12(16)4-8-15-6-1-2-7-15/h3,5,9H,1-2,4,6-8H2. The van der Waals surface area contributed by atoms with Gasteiger partial charge in [0.15, 0.2) is 5.78 Å². The summed E-state index contributed by atoms with van der Waals surface area (Å²) in [6, 6.07) is 3.31. The van der Waals surface area contributed by atoms with Gasteiger partial charge in [-0.15, -0.1) is 0 Å². The van der Waals surface area contributed by atoms with Crippen molar-refractivity contribution < 1.29 is 4.79 Å². The number of halogens is 1. The number of Topliss-reactive ketones (excluding diaryl/α,β-unsaturated/α-hetero) is 1. The molecule has 0 aromatic carbocycles. The van der Waals surface area contributed by atoms with Crippen molar-refractivity contribution in [2.24, 2.45) is 0 Å². The van der Waals surface area contributed by atoms with Gasteiger partial charge < -0.3 is 4.90 Å². The fourth-order valence-corrected chi connectivity index (χ4v) is 2.11. The van der Waals surface area contributed by atoms with Gasteiger partial charge in [0.25, 0.3) is 0 Å². The van der Waals surface area contributed by atoms with Crippen molar-refractivity contribution in [3.8, 4) is 0 Å². The van der Waals surface area contributed by atoms with Gasteiger partial charge >= 0.3 is 0 Å². The second-order valence-electron chi connectivity index (χ2n) is 4.08. The molecule has 0 unspecified atom stereocenters. The van der Waals surface area contributed by atoms with Crippen LogP contribution in [0.3, 0.4) is 0 Å². The third kappa shape index (κ3) is 3.03. The van der Waals surface area contributed by atoms with Crippen LogP contribution in [-0.4, -0.2) is 35.3 Å². The highest BCUT2D eigenvalue weighted by molar-refractivity contribution is 6.30. The summed E-state index contributed by atoms with van der Waals surface area (Å²) in [6.07, 6.45) is 4.62. The summed E-state index contributed by atoms with van der Waals surface area (Å²) in [5.41, 5.74) is 0.478. The van der Waals surface area contributed by atoms with Gasteiger partial charge in [-0.1, -0.05) is 11.6 Å². The minimum Gasteiger partial charge on any atom is -0.303 e. The van der Waals surface area contributed by atoms with Crippen LogP contribution in [0.15, 0.2) is 18.3 Å². The van der Waals surface area contributed by atoms with Gasteiger partial charge in [-0.3, -0.25) is 9.78 Å². The van der Waals surface area contributed by atoms with Crippen LogP contribution in [0.1, 0.15) is 29.8 Å². The van der Waals surface area contributed by atoms with E-state index in [1.54, 1.807) is 18.3 Å². The molecule has 4 heteroatoms. The fraction of sp³-hybridized carbons (Fsp3) is 0.500. The number of carbonyl (C=O) groups is 1. The first kappa shape index (κ1) is 11.6. The molecule has 16 heavy (non-hydrogen) atoms. The van der Waals surface area contributed by atoms with Crippen LogP contribution in [0, 0.1) is 0 Å². The third-order valence-corrected chi connectivity index (χ3v) is 3.10. The molecule has 0 radical (unpaired) electrons. The normalized spacial score (nSPS) is 16.6. The van der Waals surface area contributed by atoms with E-state index in [0.29, 0.717) is 17.1 Å². The Morgan fingerprint density at radius 3 is 2.88 bits per heavy atom. The number of aromatic nitrogens is 1. The highest BCUT2D eigenvalue weighted by Crippen LogP contribution is 2.12. The molecule has 0 N–H and O–H groups in total. The summed E-state index contributed by atoms with van der Waals surface area (Å²) in [4.78, 5) is 18.2. The maximum atomic E-state index is 11.8. The van der Waals surface area contributed by atoms with Crippen LogP contribution >= 0.6 is 11.6 Å². The lowest BCUT2D eigenvalue weighted by atomic mass is 10.2. The Hall–Kier alpha value is -0.930. The molecule has 1 saturated heterocycles. The van der Waals surface area contributed by atoms with Crippen LogP contribution in [0.4, 0.5) is 0 Å². The molecule has 0 saturated carbocycles. The quantitative estimate of drug-likeness (QED) is 0.756. The Morgan fingerprint density at radius 2 is 2.19 bits per heavy atom. The van der Waals surface area contributed by atoms with E-state index < -0.39 is 0 Å². The van der Waals surface area contributed by atoms with Crippen molar-refractivity contribution in [1.29, 1.82) is 0 Å². The largest absolute Gasteiger partial charge is 0.303 e. The number of pyridine rings is 1. The van der Waals surface area contributed by atoms with E-state index in [-0.39, 0.29) is 5.78 Å². The lowest BCUT2D eigenvalue weighted by molar-refractivity contribution is 0.0964. The van der Waals surface area contributed by atoms with Gasteiger partial charge in [0.05, 0.1) is 0 Å². The highest BCUT2D eigenvalue weighted by atomic mass is 35.5. The maximum absolute atomic E-state index is 11.8. The number of ketones is 1. The number of nitrogens with zero attached hydrogens (tertiary/aromatic N) is 2. The zero-order valence-electron chi connectivity index (χ0n) is 9.16. The molecule has 3 nitrogen and oxygen atoms in total. The maximum Gasteiger partial charge on any atom is 0.182 e. The Balaban J connectivity index is 1.87. The first-order valence-electron chi connectivity index (χ1n) is 5.63. The molecule has 0 spiro atoms. The van der Waals surface area contributed by atoms with E-state index in [0.717, 1.165) is 19.6 Å². The van der Waals surface area contributed by atoms with E-state index in [2.05, 4.69) is 9.88 Å². The van der Waals surface area contributed by atoms with Gasteiger partial charge in [0.1, 0.15) is 5.69 Å². The fourth-order valence-electron chi connectivity index (χ4n) is 1.95. The summed E-state index contributed by atoms with van der Waals surface area (Å²) in [5.74, 6) is 0.0781. The van der Waals surface area contributed by atoms with E-state index in [4.69, 9.17) is 11.6 Å². The molecule has 0 atom stereocenters. The Kier molecular flexibility index (Phi) is 3.91. The average Bonchev–Trinajstić information content (AvgIpc) is 2.78. The number of hydrogen-bond donors (Lipinski definition) is 0. The van der Waals surface area contributed by atoms with Crippen molar-refractivity contribution >= 4 is 17.4 Å². The summed E-state index contributed by atoms with van der Waals surface area (Å²) < 4.78 is 0. The second kappa shape index (κ2) is 5.41. The van der Waals surface area contributed by atoms with Crippen LogP contribution in [0.25, 0.3) is 0 Å². The second-order valence-corrected chi connectivity index (χ2v) is 4.52. The molecular formula is C12H15ClN2O. The number of rotatable bonds is 4. The minimum absolute atomic E-state index is 0.0781. The van der Waals surface area contributed by atoms with Crippen LogP contribution in [0.2, 0.25) is 5.02 Å². The third-order valence-electron chi connectivity index (χ3n) is 2.86. The molecule has 0 bridgehead atoms. The monoisotopic (exact) mass is 238 g/mol. The van der Waals surface area contributed by atoms with Gasteiger partial charge in [-0.05, 0) is 38.1 Å². The minimum atomic E-state index is 0.0781. The van der Waals surface area contributed by atoms with Crippen molar-refractivity contribution in [1.82, 2.24) is 9.88 Å². The molecule has 0 amide bonds. The van der Waals surface area contributed by atoms with Crippen molar-refractivity contribution in [3.63, 3.8) is 0 Å². The summed E-state index contributed by atoms with van der Waals surface area (Å²) in [7, 11) is 0. The van der Waals surface area contributed by atoms with Crippen LogP contribution in [-0.2, 0) is 0 Å². The smallest absolute Gasteiger partial charge is 0.182 e. The highest BCUT2D eigenvalue weighted by Gasteiger charge is 2.14. The Labute approximate surface area is 100 Å². The molecule has 86 valence electrons. The Bertz CT molecular complexity index is 375.